The summed E-state index contributed by atoms with van der Waals surface area (Å²) in [4.78, 5) is 20.2. The van der Waals surface area contributed by atoms with Crippen LogP contribution >= 0.6 is 39.3 Å². The lowest BCUT2D eigenvalue weighted by molar-refractivity contribution is -0.122. The number of thioether (sulfide) groups is 1. The third-order valence-corrected chi connectivity index (χ3v) is 6.93. The molecule has 1 aliphatic heterocycles. The molecule has 0 N–H and O–H groups in total. The molecule has 180 valence electrons. The van der Waals surface area contributed by atoms with E-state index in [1.54, 1.807) is 29.2 Å². The van der Waals surface area contributed by atoms with E-state index in [4.69, 9.17) is 21.3 Å². The highest BCUT2D eigenvalue weighted by Gasteiger charge is 2.33. The summed E-state index contributed by atoms with van der Waals surface area (Å²) in [5.41, 5.74) is 2.47. The van der Waals surface area contributed by atoms with Gasteiger partial charge in [-0.3, -0.25) is 9.69 Å². The Morgan fingerprint density at radius 3 is 2.49 bits per heavy atom. The number of ether oxygens (including phenoxy) is 1. The van der Waals surface area contributed by atoms with E-state index in [-0.39, 0.29) is 11.7 Å². The van der Waals surface area contributed by atoms with Gasteiger partial charge in [0.05, 0.1) is 15.1 Å². The molecule has 1 fully saturated rings. The van der Waals surface area contributed by atoms with Crippen LogP contribution in [0.5, 0.6) is 5.75 Å². The molecule has 0 aliphatic carbocycles. The van der Waals surface area contributed by atoms with E-state index in [1.807, 2.05) is 36.4 Å². The number of rotatable bonds is 7. The van der Waals surface area contributed by atoms with Gasteiger partial charge in [0.15, 0.2) is 5.17 Å². The van der Waals surface area contributed by atoms with E-state index in [0.717, 1.165) is 21.3 Å². The van der Waals surface area contributed by atoms with E-state index in [2.05, 4.69) is 29.8 Å². The van der Waals surface area contributed by atoms with Crippen molar-refractivity contribution in [3.63, 3.8) is 0 Å². The standard InChI is InChI=1S/C27H23BrClFN2O2S/c1-17(2)15-32-26(33)25(35-27(32)31-22-10-6-20(29)7-11-22)14-19-5-12-24(23(28)13-19)34-16-18-3-8-21(30)9-4-18/h3-14,17H,15-16H2,1-2H3/b25-14-,31-27?. The number of hydrogen-bond donors (Lipinski definition) is 0. The number of hydrogen-bond acceptors (Lipinski definition) is 4. The predicted octanol–water partition coefficient (Wildman–Crippen LogP) is 8.08. The third kappa shape index (κ3) is 6.75. The topological polar surface area (TPSA) is 41.9 Å². The molecule has 1 heterocycles. The molecular formula is C27H23BrClFN2O2S. The summed E-state index contributed by atoms with van der Waals surface area (Å²) in [7, 11) is 0. The van der Waals surface area contributed by atoms with E-state index < -0.39 is 0 Å². The Morgan fingerprint density at radius 1 is 1.11 bits per heavy atom. The number of carbonyl (C=O) groups excluding carboxylic acids is 1. The summed E-state index contributed by atoms with van der Waals surface area (Å²) in [5, 5.41) is 1.29. The molecule has 1 saturated heterocycles. The number of halogens is 3. The summed E-state index contributed by atoms with van der Waals surface area (Å²) in [5.74, 6) is 0.610. The maximum absolute atomic E-state index is 13.2. The van der Waals surface area contributed by atoms with Crippen LogP contribution in [0.4, 0.5) is 10.1 Å². The van der Waals surface area contributed by atoms with Crippen molar-refractivity contribution < 1.29 is 13.9 Å². The molecule has 0 aromatic heterocycles. The SMILES string of the molecule is CC(C)CN1C(=O)/C(=C/c2ccc(OCc3ccc(F)cc3)c(Br)c2)SC1=Nc1ccc(Cl)cc1. The molecule has 0 radical (unpaired) electrons. The smallest absolute Gasteiger partial charge is 0.266 e. The highest BCUT2D eigenvalue weighted by atomic mass is 79.9. The molecule has 3 aromatic carbocycles. The van der Waals surface area contributed by atoms with Gasteiger partial charge in [-0.15, -0.1) is 0 Å². The molecule has 0 bridgehead atoms. The van der Waals surface area contributed by atoms with Gasteiger partial charge < -0.3 is 4.74 Å². The Morgan fingerprint density at radius 2 is 1.83 bits per heavy atom. The molecular weight excluding hydrogens is 551 g/mol. The Hall–Kier alpha value is -2.61. The van der Waals surface area contributed by atoms with E-state index >= 15 is 0 Å². The number of aliphatic imine (C=N–C) groups is 1. The number of nitrogens with zero attached hydrogens (tertiary/aromatic N) is 2. The Bertz CT molecular complexity index is 1280. The molecule has 4 rings (SSSR count). The monoisotopic (exact) mass is 572 g/mol. The van der Waals surface area contributed by atoms with Gasteiger partial charge in [-0.2, -0.15) is 0 Å². The van der Waals surface area contributed by atoms with Crippen LogP contribution in [-0.2, 0) is 11.4 Å². The molecule has 1 aliphatic rings. The first-order valence-corrected chi connectivity index (χ1v) is 13.0. The first kappa shape index (κ1) is 25.5. The second-order valence-corrected chi connectivity index (χ2v) is 10.7. The van der Waals surface area contributed by atoms with Crippen LogP contribution in [0.2, 0.25) is 5.02 Å². The van der Waals surface area contributed by atoms with Crippen LogP contribution in [0.1, 0.15) is 25.0 Å². The van der Waals surface area contributed by atoms with Crippen molar-refractivity contribution in [1.82, 2.24) is 4.90 Å². The van der Waals surface area contributed by atoms with Crippen molar-refractivity contribution in [3.8, 4) is 5.75 Å². The van der Waals surface area contributed by atoms with Crippen LogP contribution < -0.4 is 4.74 Å². The molecule has 0 unspecified atom stereocenters. The van der Waals surface area contributed by atoms with Crippen LogP contribution in [0, 0.1) is 11.7 Å². The number of amidine groups is 1. The highest BCUT2D eigenvalue weighted by molar-refractivity contribution is 9.10. The number of benzene rings is 3. The molecule has 3 aromatic rings. The average Bonchev–Trinajstić information content (AvgIpc) is 3.09. The zero-order valence-corrected chi connectivity index (χ0v) is 22.3. The highest BCUT2D eigenvalue weighted by Crippen LogP contribution is 2.36. The van der Waals surface area contributed by atoms with Crippen molar-refractivity contribution in [2.45, 2.75) is 20.5 Å². The number of amides is 1. The zero-order chi connectivity index (χ0) is 24.9. The fourth-order valence-corrected chi connectivity index (χ4v) is 5.01. The lowest BCUT2D eigenvalue weighted by atomic mass is 10.2. The van der Waals surface area contributed by atoms with Gasteiger partial charge in [0.2, 0.25) is 0 Å². The Balaban J connectivity index is 1.53. The van der Waals surface area contributed by atoms with Crippen LogP contribution in [0.25, 0.3) is 6.08 Å². The lowest BCUT2D eigenvalue weighted by Crippen LogP contribution is -2.32. The summed E-state index contributed by atoms with van der Waals surface area (Å²) in [6.07, 6.45) is 1.86. The quantitative estimate of drug-likeness (QED) is 0.268. The second-order valence-electron chi connectivity index (χ2n) is 8.40. The van der Waals surface area contributed by atoms with Crippen molar-refractivity contribution in [3.05, 3.63) is 98.1 Å². The maximum atomic E-state index is 13.2. The van der Waals surface area contributed by atoms with E-state index in [9.17, 15) is 9.18 Å². The minimum Gasteiger partial charge on any atom is -0.488 e. The molecule has 4 nitrogen and oxygen atoms in total. The summed E-state index contributed by atoms with van der Waals surface area (Å²) >= 11 is 10.9. The summed E-state index contributed by atoms with van der Waals surface area (Å²) in [6.45, 7) is 5.04. The van der Waals surface area contributed by atoms with Crippen molar-refractivity contribution in [2.75, 3.05) is 6.54 Å². The van der Waals surface area contributed by atoms with Crippen molar-refractivity contribution >= 4 is 62.1 Å². The van der Waals surface area contributed by atoms with Gasteiger partial charge in [-0.1, -0.05) is 43.6 Å². The Kier molecular flexibility index (Phi) is 8.31. The molecule has 0 spiro atoms. The van der Waals surface area contributed by atoms with E-state index in [1.165, 1.54) is 23.9 Å². The van der Waals surface area contributed by atoms with Gasteiger partial charge in [0.1, 0.15) is 18.2 Å². The van der Waals surface area contributed by atoms with Crippen LogP contribution in [0.15, 0.2) is 81.1 Å². The first-order valence-electron chi connectivity index (χ1n) is 11.0. The maximum Gasteiger partial charge on any atom is 0.266 e. The first-order chi connectivity index (χ1) is 16.8. The number of carbonyl (C=O) groups is 1. The van der Waals surface area contributed by atoms with Gasteiger partial charge in [-0.25, -0.2) is 9.38 Å². The van der Waals surface area contributed by atoms with Crippen molar-refractivity contribution in [2.24, 2.45) is 10.9 Å². The minimum absolute atomic E-state index is 0.0656. The van der Waals surface area contributed by atoms with Gasteiger partial charge in [-0.05, 0) is 99.3 Å². The largest absolute Gasteiger partial charge is 0.488 e. The van der Waals surface area contributed by atoms with E-state index in [0.29, 0.717) is 39.9 Å². The van der Waals surface area contributed by atoms with Gasteiger partial charge >= 0.3 is 0 Å². The molecule has 8 heteroatoms. The molecule has 0 atom stereocenters. The van der Waals surface area contributed by atoms with Gasteiger partial charge in [0, 0.05) is 11.6 Å². The Labute approximate surface area is 222 Å². The predicted molar refractivity (Wildman–Crippen MR) is 146 cm³/mol. The minimum atomic E-state index is -0.278. The molecule has 0 saturated carbocycles. The third-order valence-electron chi connectivity index (χ3n) is 5.05. The molecule has 1 amide bonds. The fourth-order valence-electron chi connectivity index (χ4n) is 3.36. The summed E-state index contributed by atoms with van der Waals surface area (Å²) < 4.78 is 19.7. The van der Waals surface area contributed by atoms with Crippen LogP contribution in [-0.4, -0.2) is 22.5 Å². The lowest BCUT2D eigenvalue weighted by Gasteiger charge is -2.17. The van der Waals surface area contributed by atoms with Gasteiger partial charge in [0.25, 0.3) is 5.91 Å². The average molecular weight is 574 g/mol. The second kappa shape index (κ2) is 11.4. The summed E-state index contributed by atoms with van der Waals surface area (Å²) in [6, 6.07) is 19.1. The zero-order valence-electron chi connectivity index (χ0n) is 19.2. The normalized spacial score (nSPS) is 16.1. The van der Waals surface area contributed by atoms with Crippen LogP contribution in [0.3, 0.4) is 0 Å². The van der Waals surface area contributed by atoms with Crippen molar-refractivity contribution in [1.29, 1.82) is 0 Å². The molecule has 35 heavy (non-hydrogen) atoms. The fraction of sp³-hybridized carbons (Fsp3) is 0.185.